The SMILES string of the molecule is O=C(NCCc1ccc(Cl)cc1)C1CCN(S(=O)(=O)Cc2c(F)cccc2Cl)CC1. The third-order valence-corrected chi connectivity index (χ3v) is 7.64. The largest absolute Gasteiger partial charge is 0.356 e. The predicted octanol–water partition coefficient (Wildman–Crippen LogP) is 4.03. The van der Waals surface area contributed by atoms with Gasteiger partial charge in [-0.25, -0.2) is 17.1 Å². The lowest BCUT2D eigenvalue weighted by Gasteiger charge is -2.30. The highest BCUT2D eigenvalue weighted by molar-refractivity contribution is 7.88. The first-order valence-corrected chi connectivity index (χ1v) is 12.1. The minimum absolute atomic E-state index is 0.0266. The normalized spacial score (nSPS) is 15.8. The van der Waals surface area contributed by atoms with Crippen molar-refractivity contribution in [2.45, 2.75) is 25.0 Å². The maximum atomic E-state index is 13.9. The Morgan fingerprint density at radius 3 is 2.40 bits per heavy atom. The second-order valence-corrected chi connectivity index (χ2v) is 10.1. The van der Waals surface area contributed by atoms with Crippen LogP contribution >= 0.6 is 23.2 Å². The van der Waals surface area contributed by atoms with Gasteiger partial charge in [0.25, 0.3) is 0 Å². The third-order valence-electron chi connectivity index (χ3n) is 5.23. The number of carbonyl (C=O) groups excluding carboxylic acids is 1. The molecule has 162 valence electrons. The van der Waals surface area contributed by atoms with E-state index in [1.165, 1.54) is 22.5 Å². The molecule has 3 rings (SSSR count). The fourth-order valence-corrected chi connectivity index (χ4v) is 5.51. The molecule has 1 aliphatic rings. The fourth-order valence-electron chi connectivity index (χ4n) is 3.47. The van der Waals surface area contributed by atoms with E-state index in [0.717, 1.165) is 5.56 Å². The van der Waals surface area contributed by atoms with Crippen LogP contribution in [0.5, 0.6) is 0 Å². The average Bonchev–Trinajstić information content (AvgIpc) is 2.72. The van der Waals surface area contributed by atoms with Crippen molar-refractivity contribution in [1.82, 2.24) is 9.62 Å². The molecule has 1 aliphatic heterocycles. The number of sulfonamides is 1. The van der Waals surface area contributed by atoms with Crippen LogP contribution in [-0.4, -0.2) is 38.3 Å². The highest BCUT2D eigenvalue weighted by Crippen LogP contribution is 2.26. The molecule has 0 bridgehead atoms. The second-order valence-electron chi connectivity index (χ2n) is 7.30. The van der Waals surface area contributed by atoms with E-state index in [1.807, 2.05) is 24.3 Å². The van der Waals surface area contributed by atoms with Crippen LogP contribution in [0.4, 0.5) is 4.39 Å². The number of amides is 1. The summed E-state index contributed by atoms with van der Waals surface area (Å²) in [4.78, 5) is 12.4. The molecule has 1 amide bonds. The fraction of sp³-hybridized carbons (Fsp3) is 0.381. The Balaban J connectivity index is 1.48. The first kappa shape index (κ1) is 23.0. The van der Waals surface area contributed by atoms with Crippen molar-refractivity contribution >= 4 is 39.1 Å². The Bertz CT molecular complexity index is 972. The molecule has 1 fully saturated rings. The molecule has 0 atom stereocenters. The zero-order valence-corrected chi connectivity index (χ0v) is 18.6. The van der Waals surface area contributed by atoms with Gasteiger partial charge in [0.15, 0.2) is 0 Å². The van der Waals surface area contributed by atoms with Gasteiger partial charge in [-0.2, -0.15) is 0 Å². The van der Waals surface area contributed by atoms with Gasteiger partial charge in [-0.15, -0.1) is 0 Å². The van der Waals surface area contributed by atoms with Crippen LogP contribution in [0.2, 0.25) is 10.0 Å². The molecule has 2 aromatic carbocycles. The lowest BCUT2D eigenvalue weighted by molar-refractivity contribution is -0.126. The highest BCUT2D eigenvalue weighted by Gasteiger charge is 2.32. The van der Waals surface area contributed by atoms with Crippen molar-refractivity contribution < 1.29 is 17.6 Å². The minimum atomic E-state index is -3.72. The van der Waals surface area contributed by atoms with Crippen LogP contribution in [0.3, 0.4) is 0 Å². The van der Waals surface area contributed by atoms with E-state index in [2.05, 4.69) is 5.32 Å². The Hall–Kier alpha value is -1.67. The van der Waals surface area contributed by atoms with Gasteiger partial charge in [0.1, 0.15) is 5.82 Å². The number of benzene rings is 2. The molecule has 0 aliphatic carbocycles. The van der Waals surface area contributed by atoms with Crippen molar-refractivity contribution in [3.05, 3.63) is 69.5 Å². The number of piperidine rings is 1. The molecule has 2 aromatic rings. The molecule has 0 unspecified atom stereocenters. The van der Waals surface area contributed by atoms with Gasteiger partial charge in [0.05, 0.1) is 5.75 Å². The van der Waals surface area contributed by atoms with Crippen LogP contribution in [0.25, 0.3) is 0 Å². The lowest BCUT2D eigenvalue weighted by Crippen LogP contribution is -2.43. The molecular formula is C21H23Cl2FN2O3S. The van der Waals surface area contributed by atoms with Crippen molar-refractivity contribution in [1.29, 1.82) is 0 Å². The summed E-state index contributed by atoms with van der Waals surface area (Å²) in [5.74, 6) is -1.44. The van der Waals surface area contributed by atoms with Gasteiger partial charge in [0, 0.05) is 41.2 Å². The molecular weight excluding hydrogens is 450 g/mol. The maximum Gasteiger partial charge on any atom is 0.223 e. The number of hydrogen-bond acceptors (Lipinski definition) is 3. The maximum absolute atomic E-state index is 13.9. The number of nitrogens with one attached hydrogen (secondary N) is 1. The zero-order chi connectivity index (χ0) is 21.7. The van der Waals surface area contributed by atoms with Crippen LogP contribution in [0, 0.1) is 11.7 Å². The predicted molar refractivity (Wildman–Crippen MR) is 116 cm³/mol. The summed E-state index contributed by atoms with van der Waals surface area (Å²) in [6.07, 6.45) is 1.55. The van der Waals surface area contributed by atoms with Crippen molar-refractivity contribution in [2.75, 3.05) is 19.6 Å². The molecule has 9 heteroatoms. The van der Waals surface area contributed by atoms with Gasteiger partial charge in [-0.1, -0.05) is 41.4 Å². The molecule has 0 saturated carbocycles. The van der Waals surface area contributed by atoms with Gasteiger partial charge in [-0.3, -0.25) is 4.79 Å². The number of hydrogen-bond donors (Lipinski definition) is 1. The van der Waals surface area contributed by atoms with Crippen LogP contribution in [0.15, 0.2) is 42.5 Å². The van der Waals surface area contributed by atoms with Gasteiger partial charge < -0.3 is 5.32 Å². The monoisotopic (exact) mass is 472 g/mol. The molecule has 30 heavy (non-hydrogen) atoms. The Morgan fingerprint density at radius 2 is 1.77 bits per heavy atom. The zero-order valence-electron chi connectivity index (χ0n) is 16.3. The quantitative estimate of drug-likeness (QED) is 0.661. The molecule has 1 heterocycles. The lowest BCUT2D eigenvalue weighted by atomic mass is 9.97. The smallest absolute Gasteiger partial charge is 0.223 e. The van der Waals surface area contributed by atoms with E-state index in [-0.39, 0.29) is 35.5 Å². The summed E-state index contributed by atoms with van der Waals surface area (Å²) in [6, 6.07) is 11.5. The van der Waals surface area contributed by atoms with Crippen molar-refractivity contribution in [2.24, 2.45) is 5.92 Å². The number of nitrogens with zero attached hydrogens (tertiary/aromatic N) is 1. The van der Waals surface area contributed by atoms with Crippen molar-refractivity contribution in [3.8, 4) is 0 Å². The summed E-state index contributed by atoms with van der Waals surface area (Å²) in [6.45, 7) is 0.956. The molecule has 1 saturated heterocycles. The van der Waals surface area contributed by atoms with Crippen LogP contribution < -0.4 is 5.32 Å². The van der Waals surface area contributed by atoms with Crippen molar-refractivity contribution in [3.63, 3.8) is 0 Å². The summed E-state index contributed by atoms with van der Waals surface area (Å²) >= 11 is 11.8. The Labute approximate surface area is 186 Å². The minimum Gasteiger partial charge on any atom is -0.356 e. The van der Waals surface area contributed by atoms with Gasteiger partial charge >= 0.3 is 0 Å². The summed E-state index contributed by atoms with van der Waals surface area (Å²) < 4.78 is 40.6. The average molecular weight is 473 g/mol. The number of halogens is 3. The van der Waals surface area contributed by atoms with Crippen LogP contribution in [0.1, 0.15) is 24.0 Å². The van der Waals surface area contributed by atoms with Crippen LogP contribution in [-0.2, 0) is 27.0 Å². The number of carbonyl (C=O) groups is 1. The first-order valence-electron chi connectivity index (χ1n) is 9.69. The summed E-state index contributed by atoms with van der Waals surface area (Å²) in [7, 11) is -3.72. The first-order chi connectivity index (χ1) is 14.3. The molecule has 1 N–H and O–H groups in total. The Morgan fingerprint density at radius 1 is 1.10 bits per heavy atom. The molecule has 5 nitrogen and oxygen atoms in total. The van der Waals surface area contributed by atoms with E-state index in [0.29, 0.717) is 30.8 Å². The third kappa shape index (κ3) is 5.94. The van der Waals surface area contributed by atoms with Gasteiger partial charge in [-0.05, 0) is 49.1 Å². The second kappa shape index (κ2) is 10.1. The summed E-state index contributed by atoms with van der Waals surface area (Å²) in [5.41, 5.74) is 1.05. The number of rotatable bonds is 7. The standard InChI is InChI=1S/C21H23Cl2FN2O3S/c22-17-6-4-15(5-7-17)8-11-25-21(27)16-9-12-26(13-10-16)30(28,29)14-18-19(23)2-1-3-20(18)24/h1-7,16H,8-14H2,(H,25,27). The van der Waals surface area contributed by atoms with E-state index >= 15 is 0 Å². The molecule has 0 aromatic heterocycles. The summed E-state index contributed by atoms with van der Waals surface area (Å²) in [5, 5.41) is 3.68. The van der Waals surface area contributed by atoms with E-state index in [4.69, 9.17) is 23.2 Å². The Kier molecular flexibility index (Phi) is 7.74. The van der Waals surface area contributed by atoms with E-state index in [1.54, 1.807) is 0 Å². The van der Waals surface area contributed by atoms with E-state index in [9.17, 15) is 17.6 Å². The molecule has 0 radical (unpaired) electrons. The topological polar surface area (TPSA) is 66.5 Å². The van der Waals surface area contributed by atoms with E-state index < -0.39 is 21.6 Å². The highest BCUT2D eigenvalue weighted by atomic mass is 35.5. The molecule has 0 spiro atoms. The van der Waals surface area contributed by atoms with Gasteiger partial charge in [0.2, 0.25) is 15.9 Å².